The van der Waals surface area contributed by atoms with Gasteiger partial charge in [0.2, 0.25) is 0 Å². The van der Waals surface area contributed by atoms with Crippen LogP contribution >= 0.6 is 11.6 Å². The van der Waals surface area contributed by atoms with Gasteiger partial charge >= 0.3 is 5.97 Å². The fourth-order valence-corrected chi connectivity index (χ4v) is 2.28. The SMILES string of the molecule is CCc1ccc(NC(=O)[C@H](C)OC(=O)[C@H](C)Oc2ccc(Cl)cc2)cc1. The molecule has 6 heteroatoms. The van der Waals surface area contributed by atoms with Gasteiger partial charge in [-0.1, -0.05) is 30.7 Å². The van der Waals surface area contributed by atoms with Gasteiger partial charge in [0.15, 0.2) is 12.2 Å². The Labute approximate surface area is 158 Å². The van der Waals surface area contributed by atoms with Crippen LogP contribution in [-0.2, 0) is 20.7 Å². The molecule has 2 rings (SSSR count). The molecule has 0 aliphatic carbocycles. The second-order valence-corrected chi connectivity index (χ2v) is 6.27. The molecule has 0 bridgehead atoms. The van der Waals surface area contributed by atoms with Crippen molar-refractivity contribution in [3.05, 3.63) is 59.1 Å². The number of anilines is 1. The van der Waals surface area contributed by atoms with Crippen LogP contribution in [0.3, 0.4) is 0 Å². The molecule has 138 valence electrons. The third-order valence-corrected chi connectivity index (χ3v) is 4.00. The number of aryl methyl sites for hydroxylation is 1. The first-order valence-electron chi connectivity index (χ1n) is 8.41. The minimum Gasteiger partial charge on any atom is -0.479 e. The van der Waals surface area contributed by atoms with Gasteiger partial charge in [-0.05, 0) is 62.2 Å². The number of benzene rings is 2. The summed E-state index contributed by atoms with van der Waals surface area (Å²) in [4.78, 5) is 24.3. The number of ether oxygens (including phenoxy) is 2. The lowest BCUT2D eigenvalue weighted by atomic mass is 10.1. The van der Waals surface area contributed by atoms with Crippen molar-refractivity contribution >= 4 is 29.2 Å². The largest absolute Gasteiger partial charge is 0.479 e. The van der Waals surface area contributed by atoms with E-state index in [0.29, 0.717) is 16.5 Å². The predicted molar refractivity (Wildman–Crippen MR) is 102 cm³/mol. The highest BCUT2D eigenvalue weighted by atomic mass is 35.5. The Morgan fingerprint density at radius 2 is 1.62 bits per heavy atom. The number of carbonyl (C=O) groups is 2. The van der Waals surface area contributed by atoms with Crippen molar-refractivity contribution in [3.63, 3.8) is 0 Å². The lowest BCUT2D eigenvalue weighted by Crippen LogP contribution is -2.35. The minimum atomic E-state index is -0.940. The summed E-state index contributed by atoms with van der Waals surface area (Å²) in [5, 5.41) is 3.30. The summed E-state index contributed by atoms with van der Waals surface area (Å²) in [5.74, 6) is -0.530. The molecule has 5 nitrogen and oxygen atoms in total. The second kappa shape index (κ2) is 9.25. The topological polar surface area (TPSA) is 64.6 Å². The fraction of sp³-hybridized carbons (Fsp3) is 0.300. The van der Waals surface area contributed by atoms with Crippen molar-refractivity contribution < 1.29 is 19.1 Å². The van der Waals surface area contributed by atoms with E-state index in [1.807, 2.05) is 24.3 Å². The Kier molecular flexibility index (Phi) is 7.04. The molecule has 0 fully saturated rings. The molecule has 1 amide bonds. The number of nitrogens with one attached hydrogen (secondary N) is 1. The summed E-state index contributed by atoms with van der Waals surface area (Å²) in [6.45, 7) is 5.14. The van der Waals surface area contributed by atoms with Crippen LogP contribution in [-0.4, -0.2) is 24.1 Å². The summed E-state index contributed by atoms with van der Waals surface area (Å²) in [6.07, 6.45) is -0.867. The van der Waals surface area contributed by atoms with Crippen molar-refractivity contribution in [2.75, 3.05) is 5.32 Å². The Balaban J connectivity index is 1.86. The van der Waals surface area contributed by atoms with E-state index < -0.39 is 24.1 Å². The Morgan fingerprint density at radius 3 is 2.19 bits per heavy atom. The molecular weight excluding hydrogens is 354 g/mol. The average molecular weight is 376 g/mol. The van der Waals surface area contributed by atoms with Gasteiger partial charge < -0.3 is 14.8 Å². The Morgan fingerprint density at radius 1 is 1.00 bits per heavy atom. The molecule has 26 heavy (non-hydrogen) atoms. The maximum absolute atomic E-state index is 12.2. The van der Waals surface area contributed by atoms with Crippen LogP contribution in [0.5, 0.6) is 5.75 Å². The van der Waals surface area contributed by atoms with Crippen LogP contribution in [0, 0.1) is 0 Å². The van der Waals surface area contributed by atoms with Crippen molar-refractivity contribution in [2.45, 2.75) is 39.4 Å². The van der Waals surface area contributed by atoms with E-state index >= 15 is 0 Å². The summed E-state index contributed by atoms with van der Waals surface area (Å²) in [7, 11) is 0. The zero-order chi connectivity index (χ0) is 19.1. The molecule has 0 saturated heterocycles. The van der Waals surface area contributed by atoms with E-state index in [-0.39, 0.29) is 0 Å². The number of halogens is 1. The van der Waals surface area contributed by atoms with Gasteiger partial charge in [0, 0.05) is 10.7 Å². The van der Waals surface area contributed by atoms with Gasteiger partial charge in [-0.25, -0.2) is 4.79 Å². The number of carbonyl (C=O) groups excluding carboxylic acids is 2. The summed E-state index contributed by atoms with van der Waals surface area (Å²) < 4.78 is 10.7. The zero-order valence-corrected chi connectivity index (χ0v) is 15.7. The number of esters is 1. The van der Waals surface area contributed by atoms with Crippen LogP contribution in [0.4, 0.5) is 5.69 Å². The van der Waals surface area contributed by atoms with E-state index in [0.717, 1.165) is 6.42 Å². The maximum Gasteiger partial charge on any atom is 0.347 e. The Hall–Kier alpha value is -2.53. The highest BCUT2D eigenvalue weighted by molar-refractivity contribution is 6.30. The highest BCUT2D eigenvalue weighted by Gasteiger charge is 2.23. The minimum absolute atomic E-state index is 0.402. The molecule has 0 spiro atoms. The smallest absolute Gasteiger partial charge is 0.347 e. The van der Waals surface area contributed by atoms with Crippen molar-refractivity contribution in [1.29, 1.82) is 0 Å². The molecule has 2 atom stereocenters. The van der Waals surface area contributed by atoms with Crippen LogP contribution < -0.4 is 10.1 Å². The van der Waals surface area contributed by atoms with Gasteiger partial charge in [0.05, 0.1) is 0 Å². The summed E-state index contributed by atoms with van der Waals surface area (Å²) in [5.41, 5.74) is 1.83. The Bertz CT molecular complexity index is 743. The molecule has 0 radical (unpaired) electrons. The molecule has 2 aromatic rings. The van der Waals surface area contributed by atoms with E-state index in [4.69, 9.17) is 21.1 Å². The van der Waals surface area contributed by atoms with Crippen molar-refractivity contribution in [1.82, 2.24) is 0 Å². The van der Waals surface area contributed by atoms with Crippen LogP contribution in [0.2, 0.25) is 5.02 Å². The summed E-state index contributed by atoms with van der Waals surface area (Å²) in [6, 6.07) is 14.1. The third kappa shape index (κ3) is 5.77. The molecule has 0 unspecified atom stereocenters. The molecule has 0 heterocycles. The van der Waals surface area contributed by atoms with Gasteiger partial charge in [0.1, 0.15) is 5.75 Å². The van der Waals surface area contributed by atoms with E-state index in [1.54, 1.807) is 31.2 Å². The van der Waals surface area contributed by atoms with E-state index in [9.17, 15) is 9.59 Å². The molecule has 1 N–H and O–H groups in total. The van der Waals surface area contributed by atoms with Crippen molar-refractivity contribution in [2.24, 2.45) is 0 Å². The lowest BCUT2D eigenvalue weighted by molar-refractivity contribution is -0.159. The van der Waals surface area contributed by atoms with Gasteiger partial charge in [-0.2, -0.15) is 0 Å². The molecule has 0 saturated carbocycles. The number of rotatable bonds is 7. The molecule has 0 aromatic heterocycles. The van der Waals surface area contributed by atoms with Gasteiger partial charge in [-0.3, -0.25) is 4.79 Å². The standard InChI is InChI=1S/C20H22ClNO4/c1-4-15-5-9-17(10-6-15)22-19(23)13(2)26-20(24)14(3)25-18-11-7-16(21)8-12-18/h5-14H,4H2,1-3H3,(H,22,23)/t13-,14-/m0/s1. The quantitative estimate of drug-likeness (QED) is 0.735. The number of amides is 1. The van der Waals surface area contributed by atoms with E-state index in [1.165, 1.54) is 12.5 Å². The molecule has 0 aliphatic heterocycles. The predicted octanol–water partition coefficient (Wildman–Crippen LogP) is 4.24. The summed E-state index contributed by atoms with van der Waals surface area (Å²) >= 11 is 5.81. The maximum atomic E-state index is 12.2. The van der Waals surface area contributed by atoms with Crippen molar-refractivity contribution in [3.8, 4) is 5.75 Å². The van der Waals surface area contributed by atoms with E-state index in [2.05, 4.69) is 12.2 Å². The lowest BCUT2D eigenvalue weighted by Gasteiger charge is -2.18. The monoisotopic (exact) mass is 375 g/mol. The molecular formula is C20H22ClNO4. The third-order valence-electron chi connectivity index (χ3n) is 3.75. The van der Waals surface area contributed by atoms with Crippen LogP contribution in [0.15, 0.2) is 48.5 Å². The van der Waals surface area contributed by atoms with Gasteiger partial charge in [0.25, 0.3) is 5.91 Å². The first-order chi connectivity index (χ1) is 12.4. The normalized spacial score (nSPS) is 12.8. The van der Waals surface area contributed by atoms with Crippen LogP contribution in [0.25, 0.3) is 0 Å². The second-order valence-electron chi connectivity index (χ2n) is 5.83. The number of hydrogen-bond acceptors (Lipinski definition) is 4. The molecule has 2 aromatic carbocycles. The zero-order valence-electron chi connectivity index (χ0n) is 15.0. The molecule has 0 aliphatic rings. The van der Waals surface area contributed by atoms with Crippen LogP contribution in [0.1, 0.15) is 26.3 Å². The average Bonchev–Trinajstić information content (AvgIpc) is 2.64. The first kappa shape index (κ1) is 19.8. The number of hydrogen-bond donors (Lipinski definition) is 1. The highest BCUT2D eigenvalue weighted by Crippen LogP contribution is 2.17. The van der Waals surface area contributed by atoms with Gasteiger partial charge in [-0.15, -0.1) is 0 Å². The fourth-order valence-electron chi connectivity index (χ4n) is 2.16. The first-order valence-corrected chi connectivity index (χ1v) is 8.79.